The summed E-state index contributed by atoms with van der Waals surface area (Å²) in [6, 6.07) is 7.93. The highest BCUT2D eigenvalue weighted by molar-refractivity contribution is 9.10. The number of hydrogen-bond acceptors (Lipinski definition) is 3. The number of nitrogens with two attached hydrogens (primary N) is 1. The lowest BCUT2D eigenvalue weighted by Gasteiger charge is -2.36. The minimum Gasteiger partial charge on any atom is -0.327 e. The van der Waals surface area contributed by atoms with Gasteiger partial charge in [0.1, 0.15) is 0 Å². The van der Waals surface area contributed by atoms with Gasteiger partial charge in [0.2, 0.25) is 5.91 Å². The van der Waals surface area contributed by atoms with Crippen molar-refractivity contribution in [2.45, 2.75) is 25.8 Å². The summed E-state index contributed by atoms with van der Waals surface area (Å²) < 4.78 is 0.903. The van der Waals surface area contributed by atoms with E-state index in [4.69, 9.17) is 5.73 Å². The molecule has 0 bridgehead atoms. The molecule has 0 spiro atoms. The molecule has 2 unspecified atom stereocenters. The van der Waals surface area contributed by atoms with Crippen LogP contribution in [0, 0.1) is 5.92 Å². The fourth-order valence-corrected chi connectivity index (χ4v) is 3.04. The van der Waals surface area contributed by atoms with E-state index in [-0.39, 0.29) is 11.9 Å². The maximum Gasteiger partial charge on any atom is 0.238 e. The largest absolute Gasteiger partial charge is 0.327 e. The minimum atomic E-state index is 0.0298. The second-order valence-corrected chi connectivity index (χ2v) is 6.24. The van der Waals surface area contributed by atoms with Gasteiger partial charge in [-0.1, -0.05) is 25.5 Å². The van der Waals surface area contributed by atoms with Gasteiger partial charge in [-0.05, 0) is 40.4 Å². The van der Waals surface area contributed by atoms with Gasteiger partial charge in [-0.15, -0.1) is 0 Å². The summed E-state index contributed by atoms with van der Waals surface area (Å²) in [5.41, 5.74) is 6.91. The van der Waals surface area contributed by atoms with Crippen LogP contribution < -0.4 is 11.1 Å². The molecule has 20 heavy (non-hydrogen) atoms. The maximum absolute atomic E-state index is 12.1. The number of likely N-dealkylation sites (tertiary alicyclic amines) is 1. The van der Waals surface area contributed by atoms with E-state index in [0.717, 1.165) is 36.1 Å². The number of piperidine rings is 1. The number of hydrogen-bond donors (Lipinski definition) is 2. The number of benzene rings is 1. The Bertz CT molecular complexity index is 466. The molecule has 1 aliphatic heterocycles. The fraction of sp³-hybridized carbons (Fsp3) is 0.533. The second kappa shape index (κ2) is 7.20. The Morgan fingerprint density at radius 1 is 1.50 bits per heavy atom. The Morgan fingerprint density at radius 3 is 2.95 bits per heavy atom. The molecule has 4 nitrogen and oxygen atoms in total. The molecule has 0 saturated carbocycles. The number of rotatable bonds is 4. The van der Waals surface area contributed by atoms with Crippen molar-refractivity contribution >= 4 is 27.5 Å². The summed E-state index contributed by atoms with van der Waals surface area (Å²) >= 11 is 3.43. The van der Waals surface area contributed by atoms with Crippen LogP contribution in [0.2, 0.25) is 0 Å². The molecule has 0 aliphatic carbocycles. The van der Waals surface area contributed by atoms with Crippen LogP contribution in [0.1, 0.15) is 19.8 Å². The van der Waals surface area contributed by atoms with E-state index in [9.17, 15) is 4.79 Å². The first-order valence-corrected chi connectivity index (χ1v) is 7.91. The molecular formula is C15H22BrN3O. The number of nitrogens with one attached hydrogen (secondary N) is 1. The van der Waals surface area contributed by atoms with Crippen LogP contribution >= 0.6 is 15.9 Å². The first kappa shape index (κ1) is 15.5. The Kier molecular flexibility index (Phi) is 5.57. The van der Waals surface area contributed by atoms with Crippen molar-refractivity contribution in [3.63, 3.8) is 0 Å². The Hall–Kier alpha value is -0.910. The first-order chi connectivity index (χ1) is 9.60. The van der Waals surface area contributed by atoms with Crippen molar-refractivity contribution in [2.75, 3.05) is 25.0 Å². The zero-order chi connectivity index (χ0) is 14.5. The van der Waals surface area contributed by atoms with Gasteiger partial charge in [0.05, 0.1) is 12.2 Å². The summed E-state index contributed by atoms with van der Waals surface area (Å²) in [6.45, 7) is 4.42. The van der Waals surface area contributed by atoms with E-state index in [1.807, 2.05) is 24.3 Å². The van der Waals surface area contributed by atoms with Crippen molar-refractivity contribution in [3.05, 3.63) is 28.7 Å². The standard InChI is InChI=1S/C15H22BrN3O/c1-2-11-9-19(8-7-13(11)17)10-15(20)18-14-6-4-3-5-12(14)16/h3-6,11,13H,2,7-10,17H2,1H3,(H,18,20). The molecule has 0 radical (unpaired) electrons. The molecule has 1 saturated heterocycles. The van der Waals surface area contributed by atoms with E-state index in [1.165, 1.54) is 0 Å². The summed E-state index contributed by atoms with van der Waals surface area (Å²) in [5, 5.41) is 2.94. The predicted octanol–water partition coefficient (Wildman–Crippen LogP) is 2.45. The third-order valence-electron chi connectivity index (χ3n) is 3.92. The molecule has 2 rings (SSSR count). The Balaban J connectivity index is 1.87. The van der Waals surface area contributed by atoms with Crippen molar-refractivity contribution in [1.82, 2.24) is 4.90 Å². The second-order valence-electron chi connectivity index (χ2n) is 5.38. The van der Waals surface area contributed by atoms with Crippen LogP contribution in [0.15, 0.2) is 28.7 Å². The summed E-state index contributed by atoms with van der Waals surface area (Å²) in [6.07, 6.45) is 2.05. The highest BCUT2D eigenvalue weighted by Gasteiger charge is 2.26. The van der Waals surface area contributed by atoms with Crippen LogP contribution in [0.3, 0.4) is 0 Å². The molecule has 1 fully saturated rings. The van der Waals surface area contributed by atoms with Crippen LogP contribution in [-0.4, -0.2) is 36.5 Å². The highest BCUT2D eigenvalue weighted by Crippen LogP contribution is 2.22. The van der Waals surface area contributed by atoms with Gasteiger partial charge in [-0.2, -0.15) is 0 Å². The predicted molar refractivity (Wildman–Crippen MR) is 85.6 cm³/mol. The molecule has 1 aromatic rings. The molecule has 0 aromatic heterocycles. The molecule has 2 atom stereocenters. The van der Waals surface area contributed by atoms with Gasteiger partial charge in [-0.25, -0.2) is 0 Å². The third-order valence-corrected chi connectivity index (χ3v) is 4.61. The van der Waals surface area contributed by atoms with Crippen LogP contribution in [-0.2, 0) is 4.79 Å². The topological polar surface area (TPSA) is 58.4 Å². The Labute approximate surface area is 128 Å². The van der Waals surface area contributed by atoms with Crippen LogP contribution in [0.4, 0.5) is 5.69 Å². The Morgan fingerprint density at radius 2 is 2.25 bits per heavy atom. The average Bonchev–Trinajstić information content (AvgIpc) is 2.43. The third kappa shape index (κ3) is 4.04. The molecule has 110 valence electrons. The molecule has 3 N–H and O–H groups in total. The zero-order valence-electron chi connectivity index (χ0n) is 11.8. The normalized spacial score (nSPS) is 23.6. The molecular weight excluding hydrogens is 318 g/mol. The van der Waals surface area contributed by atoms with Crippen LogP contribution in [0.5, 0.6) is 0 Å². The SMILES string of the molecule is CCC1CN(CC(=O)Nc2ccccc2Br)CCC1N. The zero-order valence-corrected chi connectivity index (χ0v) is 13.4. The van der Waals surface area contributed by atoms with Gasteiger partial charge < -0.3 is 11.1 Å². The van der Waals surface area contributed by atoms with Gasteiger partial charge in [-0.3, -0.25) is 9.69 Å². The van der Waals surface area contributed by atoms with E-state index < -0.39 is 0 Å². The van der Waals surface area contributed by atoms with Crippen LogP contribution in [0.25, 0.3) is 0 Å². The number of amides is 1. The lowest BCUT2D eigenvalue weighted by atomic mass is 9.91. The molecule has 1 aromatic carbocycles. The van der Waals surface area contributed by atoms with E-state index in [0.29, 0.717) is 12.5 Å². The van der Waals surface area contributed by atoms with Gasteiger partial charge >= 0.3 is 0 Å². The molecule has 1 heterocycles. The fourth-order valence-electron chi connectivity index (χ4n) is 2.66. The number of carbonyl (C=O) groups excluding carboxylic acids is 1. The van der Waals surface area contributed by atoms with Crippen molar-refractivity contribution in [2.24, 2.45) is 11.7 Å². The van der Waals surface area contributed by atoms with Gasteiger partial charge in [0.25, 0.3) is 0 Å². The summed E-state index contributed by atoms with van der Waals surface area (Å²) in [7, 11) is 0. The number of carbonyl (C=O) groups is 1. The van der Waals surface area contributed by atoms with Crippen molar-refractivity contribution in [1.29, 1.82) is 0 Å². The molecule has 1 amide bonds. The molecule has 1 aliphatic rings. The van der Waals surface area contributed by atoms with E-state index in [1.54, 1.807) is 0 Å². The van der Waals surface area contributed by atoms with Crippen molar-refractivity contribution in [3.8, 4) is 0 Å². The van der Waals surface area contributed by atoms with Crippen molar-refractivity contribution < 1.29 is 4.79 Å². The number of para-hydroxylation sites is 1. The lowest BCUT2D eigenvalue weighted by Crippen LogP contribution is -2.48. The van der Waals surface area contributed by atoms with Gasteiger partial charge in [0.15, 0.2) is 0 Å². The lowest BCUT2D eigenvalue weighted by molar-refractivity contribution is -0.117. The smallest absolute Gasteiger partial charge is 0.238 e. The van der Waals surface area contributed by atoms with E-state index in [2.05, 4.69) is 33.1 Å². The number of nitrogens with zero attached hydrogens (tertiary/aromatic N) is 1. The number of anilines is 1. The summed E-state index contributed by atoms with van der Waals surface area (Å²) in [5.74, 6) is 0.530. The van der Waals surface area contributed by atoms with Gasteiger partial charge in [0, 0.05) is 23.6 Å². The quantitative estimate of drug-likeness (QED) is 0.885. The van der Waals surface area contributed by atoms with E-state index >= 15 is 0 Å². The number of halogens is 1. The average molecular weight is 340 g/mol. The highest BCUT2D eigenvalue weighted by atomic mass is 79.9. The first-order valence-electron chi connectivity index (χ1n) is 7.12. The maximum atomic E-state index is 12.1. The summed E-state index contributed by atoms with van der Waals surface area (Å²) in [4.78, 5) is 14.3. The minimum absolute atomic E-state index is 0.0298. The monoisotopic (exact) mass is 339 g/mol. The molecule has 5 heteroatoms.